The highest BCUT2D eigenvalue weighted by molar-refractivity contribution is 5.81. The molecule has 2 fully saturated rings. The van der Waals surface area contributed by atoms with Gasteiger partial charge in [0.25, 0.3) is 0 Å². The Morgan fingerprint density at radius 3 is 3.00 bits per heavy atom. The van der Waals surface area contributed by atoms with E-state index < -0.39 is 0 Å². The minimum atomic E-state index is -0.306. The lowest BCUT2D eigenvalue weighted by molar-refractivity contribution is -0.132. The van der Waals surface area contributed by atoms with Gasteiger partial charge in [-0.25, -0.2) is 0 Å². The van der Waals surface area contributed by atoms with Gasteiger partial charge in [-0.1, -0.05) is 0 Å². The van der Waals surface area contributed by atoms with Crippen LogP contribution in [0.15, 0.2) is 12.4 Å². The van der Waals surface area contributed by atoms with Gasteiger partial charge in [-0.15, -0.1) is 0 Å². The van der Waals surface area contributed by atoms with Gasteiger partial charge in [0.1, 0.15) is 12.2 Å². The minimum absolute atomic E-state index is 0.00603. The number of hydrogen-bond acceptors (Lipinski definition) is 4. The predicted octanol–water partition coefficient (Wildman–Crippen LogP) is 1.42. The molecule has 4 atom stereocenters. The average molecular weight is 293 g/mol. The van der Waals surface area contributed by atoms with Crippen LogP contribution in [-0.2, 0) is 20.8 Å². The highest BCUT2D eigenvalue weighted by Gasteiger charge is 2.35. The Morgan fingerprint density at radius 2 is 2.33 bits per heavy atom. The first kappa shape index (κ1) is 14.5. The lowest BCUT2D eigenvalue weighted by atomic mass is 10.0. The van der Waals surface area contributed by atoms with Gasteiger partial charge in [0.15, 0.2) is 0 Å². The van der Waals surface area contributed by atoms with E-state index in [1.54, 1.807) is 0 Å². The first-order valence-electron chi connectivity index (χ1n) is 7.77. The second-order valence-corrected chi connectivity index (χ2v) is 5.84. The molecule has 2 aliphatic heterocycles. The van der Waals surface area contributed by atoms with Crippen LogP contribution in [-0.4, -0.2) is 40.5 Å². The molecule has 0 saturated carbocycles. The maximum absolute atomic E-state index is 12.3. The average Bonchev–Trinajstić information content (AvgIpc) is 3.17. The van der Waals surface area contributed by atoms with Crippen LogP contribution in [0.4, 0.5) is 0 Å². The van der Waals surface area contributed by atoms with Crippen LogP contribution in [0.3, 0.4) is 0 Å². The number of carbonyl (C=O) groups excluding carboxylic acids is 1. The lowest BCUT2D eigenvalue weighted by Gasteiger charge is -2.21. The molecule has 0 aliphatic carbocycles. The van der Waals surface area contributed by atoms with Crippen molar-refractivity contribution in [2.24, 2.45) is 0 Å². The van der Waals surface area contributed by atoms with Gasteiger partial charge in [-0.05, 0) is 33.1 Å². The summed E-state index contributed by atoms with van der Waals surface area (Å²) in [4.78, 5) is 12.3. The molecule has 3 heterocycles. The number of carbonyl (C=O) groups is 1. The Kier molecular flexibility index (Phi) is 4.26. The molecular weight excluding hydrogens is 270 g/mol. The fourth-order valence-corrected chi connectivity index (χ4v) is 3.04. The second-order valence-electron chi connectivity index (χ2n) is 5.84. The van der Waals surface area contributed by atoms with E-state index in [0.29, 0.717) is 6.61 Å². The van der Waals surface area contributed by atoms with Gasteiger partial charge in [0.2, 0.25) is 5.91 Å². The number of nitrogens with one attached hydrogen (secondary N) is 1. The Labute approximate surface area is 124 Å². The van der Waals surface area contributed by atoms with Crippen molar-refractivity contribution in [3.8, 4) is 0 Å². The van der Waals surface area contributed by atoms with E-state index in [4.69, 9.17) is 9.47 Å². The van der Waals surface area contributed by atoms with E-state index in [-0.39, 0.29) is 30.3 Å². The van der Waals surface area contributed by atoms with Gasteiger partial charge in [0, 0.05) is 24.9 Å². The van der Waals surface area contributed by atoms with Crippen molar-refractivity contribution in [3.63, 3.8) is 0 Å². The number of hydrogen-bond donors (Lipinski definition) is 1. The third-order valence-electron chi connectivity index (χ3n) is 4.25. The molecule has 1 amide bonds. The quantitative estimate of drug-likeness (QED) is 0.911. The molecule has 2 saturated heterocycles. The highest BCUT2D eigenvalue weighted by Crippen LogP contribution is 2.29. The largest absolute Gasteiger partial charge is 0.371 e. The standard InChI is InChI=1S/C15H23N3O3/c1-3-18-9-11(8-16-18)14-12(6-7-20-14)17-15(19)13-5-4-10(2)21-13/h8-10,12-14H,3-7H2,1-2H3,(H,17,19)/t10-,12+,13+,14-/m1/s1. The first-order chi connectivity index (χ1) is 10.2. The Bertz CT molecular complexity index is 502. The molecule has 0 aromatic carbocycles. The SMILES string of the molecule is CCn1cc([C@H]2OCC[C@@H]2NC(=O)[C@@H]2CC[C@@H](C)O2)cn1. The third-order valence-corrected chi connectivity index (χ3v) is 4.25. The van der Waals surface area contributed by atoms with E-state index in [2.05, 4.69) is 10.4 Å². The number of aromatic nitrogens is 2. The van der Waals surface area contributed by atoms with Gasteiger partial charge < -0.3 is 14.8 Å². The summed E-state index contributed by atoms with van der Waals surface area (Å²) in [5.74, 6) is -0.0114. The number of rotatable bonds is 4. The molecule has 0 unspecified atom stereocenters. The van der Waals surface area contributed by atoms with Crippen molar-refractivity contribution >= 4 is 5.91 Å². The molecule has 6 heteroatoms. The molecule has 1 N–H and O–H groups in total. The lowest BCUT2D eigenvalue weighted by Crippen LogP contribution is -2.42. The Hall–Kier alpha value is -1.40. The van der Waals surface area contributed by atoms with Gasteiger partial charge in [-0.2, -0.15) is 5.10 Å². The van der Waals surface area contributed by atoms with E-state index in [0.717, 1.165) is 31.4 Å². The Morgan fingerprint density at radius 1 is 1.48 bits per heavy atom. The maximum Gasteiger partial charge on any atom is 0.249 e. The minimum Gasteiger partial charge on any atom is -0.371 e. The summed E-state index contributed by atoms with van der Waals surface area (Å²) < 4.78 is 13.3. The van der Waals surface area contributed by atoms with Crippen LogP contribution in [0.1, 0.15) is 44.8 Å². The summed E-state index contributed by atoms with van der Waals surface area (Å²) in [7, 11) is 0. The van der Waals surface area contributed by atoms with Crippen LogP contribution in [0.2, 0.25) is 0 Å². The number of ether oxygens (including phenoxy) is 2. The van der Waals surface area contributed by atoms with Crippen molar-refractivity contribution in [1.29, 1.82) is 0 Å². The fourth-order valence-electron chi connectivity index (χ4n) is 3.04. The summed E-state index contributed by atoms with van der Waals surface area (Å²) in [6, 6.07) is 0.00603. The molecule has 21 heavy (non-hydrogen) atoms. The second kappa shape index (κ2) is 6.15. The molecule has 1 aromatic rings. The summed E-state index contributed by atoms with van der Waals surface area (Å²) >= 11 is 0. The van der Waals surface area contributed by atoms with Crippen LogP contribution >= 0.6 is 0 Å². The predicted molar refractivity (Wildman–Crippen MR) is 76.7 cm³/mol. The van der Waals surface area contributed by atoms with Crippen molar-refractivity contribution in [2.75, 3.05) is 6.61 Å². The first-order valence-corrected chi connectivity index (χ1v) is 7.77. The van der Waals surface area contributed by atoms with Crippen LogP contribution in [0, 0.1) is 0 Å². The van der Waals surface area contributed by atoms with Gasteiger partial charge >= 0.3 is 0 Å². The monoisotopic (exact) mass is 293 g/mol. The van der Waals surface area contributed by atoms with Gasteiger partial charge in [-0.3, -0.25) is 9.48 Å². The molecule has 2 aliphatic rings. The highest BCUT2D eigenvalue weighted by atomic mass is 16.5. The number of aryl methyl sites for hydroxylation is 1. The molecule has 0 spiro atoms. The topological polar surface area (TPSA) is 65.4 Å². The molecule has 6 nitrogen and oxygen atoms in total. The van der Waals surface area contributed by atoms with E-state index in [1.165, 1.54) is 0 Å². The number of nitrogens with zero attached hydrogens (tertiary/aromatic N) is 2. The smallest absolute Gasteiger partial charge is 0.249 e. The summed E-state index contributed by atoms with van der Waals surface area (Å²) in [6.45, 7) is 5.55. The third kappa shape index (κ3) is 3.11. The molecule has 3 rings (SSSR count). The summed E-state index contributed by atoms with van der Waals surface area (Å²) in [6.07, 6.45) is 6.17. The zero-order valence-corrected chi connectivity index (χ0v) is 12.6. The van der Waals surface area contributed by atoms with Crippen molar-refractivity contribution < 1.29 is 14.3 Å². The molecule has 0 bridgehead atoms. The van der Waals surface area contributed by atoms with E-state index >= 15 is 0 Å². The van der Waals surface area contributed by atoms with Crippen molar-refractivity contribution in [3.05, 3.63) is 18.0 Å². The maximum atomic E-state index is 12.3. The Balaban J connectivity index is 1.62. The molecular formula is C15H23N3O3. The zero-order chi connectivity index (χ0) is 14.8. The normalized spacial score (nSPS) is 32.5. The fraction of sp³-hybridized carbons (Fsp3) is 0.733. The van der Waals surface area contributed by atoms with Gasteiger partial charge in [0.05, 0.1) is 18.3 Å². The number of amides is 1. The van der Waals surface area contributed by atoms with E-state index in [9.17, 15) is 4.79 Å². The molecule has 116 valence electrons. The van der Waals surface area contributed by atoms with Crippen molar-refractivity contribution in [1.82, 2.24) is 15.1 Å². The van der Waals surface area contributed by atoms with Crippen LogP contribution in [0.25, 0.3) is 0 Å². The molecule has 1 aromatic heterocycles. The summed E-state index contributed by atoms with van der Waals surface area (Å²) in [5, 5.41) is 7.37. The van der Waals surface area contributed by atoms with Crippen LogP contribution < -0.4 is 5.32 Å². The van der Waals surface area contributed by atoms with Crippen molar-refractivity contribution in [2.45, 2.75) is 64.0 Å². The molecule has 0 radical (unpaired) electrons. The van der Waals surface area contributed by atoms with E-state index in [1.807, 2.05) is 30.9 Å². The zero-order valence-electron chi connectivity index (χ0n) is 12.6. The van der Waals surface area contributed by atoms with Crippen LogP contribution in [0.5, 0.6) is 0 Å². The summed E-state index contributed by atoms with van der Waals surface area (Å²) in [5.41, 5.74) is 1.03.